The highest BCUT2D eigenvalue weighted by Gasteiger charge is 2.24. The number of benzene rings is 3. The van der Waals surface area contributed by atoms with Gasteiger partial charge in [0.1, 0.15) is 8.80 Å². The van der Waals surface area contributed by atoms with Crippen molar-refractivity contribution in [2.24, 2.45) is 0 Å². The van der Waals surface area contributed by atoms with Crippen LogP contribution in [-0.2, 0) is 6.42 Å². The van der Waals surface area contributed by atoms with Crippen molar-refractivity contribution in [1.82, 2.24) is 0 Å². The summed E-state index contributed by atoms with van der Waals surface area (Å²) >= 11 is 0. The number of rotatable bonds is 5. The highest BCUT2D eigenvalue weighted by Crippen LogP contribution is 2.19. The molecule has 0 amide bonds. The summed E-state index contributed by atoms with van der Waals surface area (Å²) in [5.41, 5.74) is 3.40. The van der Waals surface area contributed by atoms with Gasteiger partial charge in [-0.05, 0) is 23.1 Å². The van der Waals surface area contributed by atoms with Crippen molar-refractivity contribution >= 4 is 19.2 Å². The average molecular weight is 316 g/mol. The van der Waals surface area contributed by atoms with E-state index in [0.29, 0.717) is 5.54 Å². The smallest absolute Gasteiger partial charge is 0.0628 e. The molecular weight excluding hydrogens is 292 g/mol. The molecule has 3 rings (SSSR count). The average Bonchev–Trinajstić information content (AvgIpc) is 2.64. The molecule has 1 heteroatoms. The fourth-order valence-corrected chi connectivity index (χ4v) is 6.07. The number of hydrogen-bond donors (Lipinski definition) is 0. The summed E-state index contributed by atoms with van der Waals surface area (Å²) in [6, 6.07) is 31.2. The normalized spacial score (nSPS) is 12.3. The van der Waals surface area contributed by atoms with Crippen molar-refractivity contribution in [2.45, 2.75) is 25.8 Å². The molecule has 0 N–H and O–H groups in total. The second kappa shape index (κ2) is 7.43. The van der Waals surface area contributed by atoms with Crippen LogP contribution in [0.25, 0.3) is 0 Å². The van der Waals surface area contributed by atoms with Gasteiger partial charge in [-0.3, -0.25) is 0 Å². The first kappa shape index (κ1) is 15.8. The summed E-state index contributed by atoms with van der Waals surface area (Å²) < 4.78 is 0. The molecule has 23 heavy (non-hydrogen) atoms. The quantitative estimate of drug-likeness (QED) is 0.619. The summed E-state index contributed by atoms with van der Waals surface area (Å²) in [7, 11) is -0.849. The number of aryl methyl sites for hydroxylation is 1. The largest absolute Gasteiger partial charge is 0.128 e. The summed E-state index contributed by atoms with van der Waals surface area (Å²) in [6.07, 6.45) is 1.10. The van der Waals surface area contributed by atoms with E-state index in [-0.39, 0.29) is 0 Å². The maximum absolute atomic E-state index is 2.38. The monoisotopic (exact) mass is 315 g/mol. The first-order valence-electron chi connectivity index (χ1n) is 8.36. The van der Waals surface area contributed by atoms with Crippen molar-refractivity contribution in [1.29, 1.82) is 0 Å². The third-order valence-electron chi connectivity index (χ3n) is 4.49. The van der Waals surface area contributed by atoms with E-state index in [1.54, 1.807) is 0 Å². The van der Waals surface area contributed by atoms with Gasteiger partial charge in [-0.2, -0.15) is 0 Å². The van der Waals surface area contributed by atoms with Gasteiger partial charge in [0.15, 0.2) is 0 Å². The minimum absolute atomic E-state index is 0.538. The Balaban J connectivity index is 2.00. The van der Waals surface area contributed by atoms with Crippen LogP contribution in [-0.4, -0.2) is 8.80 Å². The van der Waals surface area contributed by atoms with Crippen LogP contribution in [0.4, 0.5) is 0 Å². The molecule has 0 heterocycles. The van der Waals surface area contributed by atoms with Gasteiger partial charge in [-0.1, -0.05) is 109 Å². The number of hydrogen-bond acceptors (Lipinski definition) is 0. The van der Waals surface area contributed by atoms with E-state index in [1.807, 2.05) is 0 Å². The molecule has 0 unspecified atom stereocenters. The minimum atomic E-state index is -0.849. The Morgan fingerprint density at radius 3 is 1.61 bits per heavy atom. The van der Waals surface area contributed by atoms with Crippen LogP contribution in [0, 0.1) is 0 Å². The molecule has 0 spiro atoms. The van der Waals surface area contributed by atoms with Crippen LogP contribution in [0.5, 0.6) is 0 Å². The molecular formula is C22H23Si. The SMILES string of the molecule is CCc1ccc([C@@H](C)[Si](c2ccccc2)c2ccccc2)cc1. The van der Waals surface area contributed by atoms with Crippen molar-refractivity contribution in [3.05, 3.63) is 96.1 Å². The van der Waals surface area contributed by atoms with Gasteiger partial charge >= 0.3 is 0 Å². The van der Waals surface area contributed by atoms with E-state index in [2.05, 4.69) is 98.8 Å². The van der Waals surface area contributed by atoms with Crippen LogP contribution >= 0.6 is 0 Å². The van der Waals surface area contributed by atoms with Crippen LogP contribution in [0.15, 0.2) is 84.9 Å². The van der Waals surface area contributed by atoms with Gasteiger partial charge in [0.05, 0.1) is 0 Å². The molecule has 3 aromatic rings. The standard InChI is InChI=1S/C22H23Si/c1-3-19-14-16-20(17-15-19)18(2)23(21-10-6-4-7-11-21)22-12-8-5-9-13-22/h4-18H,3H2,1-2H3/t18-/m1/s1. The van der Waals surface area contributed by atoms with Gasteiger partial charge in [-0.15, -0.1) is 0 Å². The lowest BCUT2D eigenvalue weighted by atomic mass is 10.1. The molecule has 0 nitrogen and oxygen atoms in total. The molecule has 0 aliphatic heterocycles. The molecule has 0 fully saturated rings. The van der Waals surface area contributed by atoms with E-state index >= 15 is 0 Å². The maximum Gasteiger partial charge on any atom is 0.128 e. The molecule has 0 aliphatic rings. The van der Waals surface area contributed by atoms with Crippen molar-refractivity contribution < 1.29 is 0 Å². The lowest BCUT2D eigenvalue weighted by Crippen LogP contribution is -2.46. The van der Waals surface area contributed by atoms with Gasteiger partial charge in [-0.25, -0.2) is 0 Å². The summed E-state index contributed by atoms with van der Waals surface area (Å²) in [5.74, 6) is 0. The Morgan fingerprint density at radius 2 is 1.17 bits per heavy atom. The molecule has 1 atom stereocenters. The molecule has 0 aromatic heterocycles. The van der Waals surface area contributed by atoms with E-state index < -0.39 is 8.80 Å². The van der Waals surface area contributed by atoms with E-state index in [9.17, 15) is 0 Å². The van der Waals surface area contributed by atoms with Gasteiger partial charge in [0.25, 0.3) is 0 Å². The molecule has 1 radical (unpaired) electrons. The van der Waals surface area contributed by atoms with E-state index in [1.165, 1.54) is 21.5 Å². The Bertz CT molecular complexity index is 677. The highest BCUT2D eigenvalue weighted by molar-refractivity contribution is 6.86. The zero-order valence-electron chi connectivity index (χ0n) is 13.9. The van der Waals surface area contributed by atoms with Crippen molar-refractivity contribution in [3.63, 3.8) is 0 Å². The van der Waals surface area contributed by atoms with Crippen LogP contribution in [0.1, 0.15) is 30.5 Å². The Kier molecular flexibility index (Phi) is 5.09. The second-order valence-electron chi connectivity index (χ2n) is 5.96. The fourth-order valence-electron chi connectivity index (χ4n) is 3.11. The lowest BCUT2D eigenvalue weighted by molar-refractivity contribution is 1.05. The summed E-state index contributed by atoms with van der Waals surface area (Å²) in [4.78, 5) is 0. The zero-order chi connectivity index (χ0) is 16.1. The Labute approximate surface area is 141 Å². The molecule has 3 aromatic carbocycles. The Hall–Kier alpha value is -2.12. The molecule has 0 saturated heterocycles. The molecule has 115 valence electrons. The minimum Gasteiger partial charge on any atom is -0.0628 e. The van der Waals surface area contributed by atoms with Gasteiger partial charge < -0.3 is 0 Å². The zero-order valence-corrected chi connectivity index (χ0v) is 14.9. The third kappa shape index (κ3) is 3.62. The third-order valence-corrected chi connectivity index (χ3v) is 7.60. The lowest BCUT2D eigenvalue weighted by Gasteiger charge is -2.24. The van der Waals surface area contributed by atoms with E-state index in [0.717, 1.165) is 6.42 Å². The van der Waals surface area contributed by atoms with Crippen LogP contribution in [0.2, 0.25) is 0 Å². The first-order chi connectivity index (χ1) is 11.3. The fraction of sp³-hybridized carbons (Fsp3) is 0.182. The predicted octanol–water partition coefficient (Wildman–Crippen LogP) is 4.20. The highest BCUT2D eigenvalue weighted by atomic mass is 28.3. The summed E-state index contributed by atoms with van der Waals surface area (Å²) in [5, 5.41) is 2.96. The Morgan fingerprint density at radius 1 is 0.696 bits per heavy atom. The molecule has 0 saturated carbocycles. The predicted molar refractivity (Wildman–Crippen MR) is 102 cm³/mol. The van der Waals surface area contributed by atoms with Crippen LogP contribution < -0.4 is 10.4 Å². The maximum atomic E-state index is 2.38. The van der Waals surface area contributed by atoms with Gasteiger partial charge in [0.2, 0.25) is 0 Å². The second-order valence-corrected chi connectivity index (χ2v) is 8.81. The summed E-state index contributed by atoms with van der Waals surface area (Å²) in [6.45, 7) is 4.59. The van der Waals surface area contributed by atoms with Crippen LogP contribution in [0.3, 0.4) is 0 Å². The van der Waals surface area contributed by atoms with Gasteiger partial charge in [0, 0.05) is 0 Å². The van der Waals surface area contributed by atoms with Crippen molar-refractivity contribution in [3.8, 4) is 0 Å². The topological polar surface area (TPSA) is 0 Å². The van der Waals surface area contributed by atoms with E-state index in [4.69, 9.17) is 0 Å². The van der Waals surface area contributed by atoms with Crippen molar-refractivity contribution in [2.75, 3.05) is 0 Å². The molecule has 0 aliphatic carbocycles. The first-order valence-corrected chi connectivity index (χ1v) is 9.94. The molecule has 0 bridgehead atoms.